The monoisotopic (exact) mass is 261 g/mol. The first-order chi connectivity index (χ1) is 9.08. The fraction of sp³-hybridized carbons (Fsp3) is 0.429. The van der Waals surface area contributed by atoms with Crippen molar-refractivity contribution < 1.29 is 14.8 Å². The van der Waals surface area contributed by atoms with Crippen molar-refractivity contribution in [3.8, 4) is 0 Å². The molecule has 0 spiro atoms. The van der Waals surface area contributed by atoms with Crippen molar-refractivity contribution in [2.24, 2.45) is 0 Å². The van der Waals surface area contributed by atoms with E-state index >= 15 is 0 Å². The molecular weight excluding hydrogens is 242 g/mol. The van der Waals surface area contributed by atoms with Crippen LogP contribution in [-0.4, -0.2) is 28.4 Å². The van der Waals surface area contributed by atoms with Crippen LogP contribution in [0.5, 0.6) is 0 Å². The van der Waals surface area contributed by atoms with E-state index in [1.54, 1.807) is 0 Å². The Bertz CT molecular complexity index is 600. The number of nitrogens with zero attached hydrogens (tertiary/aromatic N) is 2. The summed E-state index contributed by atoms with van der Waals surface area (Å²) in [5.74, 6) is -1.20. The second kappa shape index (κ2) is 5.40. The van der Waals surface area contributed by atoms with Crippen LogP contribution >= 0.6 is 0 Å². The molecule has 1 N–H and O–H groups in total. The van der Waals surface area contributed by atoms with Gasteiger partial charge in [-0.3, -0.25) is 4.40 Å². The zero-order chi connectivity index (χ0) is 14.0. The molecule has 0 atom stereocenters. The van der Waals surface area contributed by atoms with Gasteiger partial charge in [0, 0.05) is 6.20 Å². The smallest absolute Gasteiger partial charge is 0.140 e. The van der Waals surface area contributed by atoms with Crippen molar-refractivity contribution in [3.05, 3.63) is 35.3 Å². The van der Waals surface area contributed by atoms with E-state index in [-0.39, 0.29) is 5.69 Å². The minimum absolute atomic E-state index is 0.0636. The molecule has 0 aliphatic carbocycles. The number of rotatable bonds is 5. The van der Waals surface area contributed by atoms with Gasteiger partial charge in [-0.25, -0.2) is 4.98 Å². The third kappa shape index (κ3) is 2.46. The van der Waals surface area contributed by atoms with Gasteiger partial charge in [0.15, 0.2) is 0 Å². The van der Waals surface area contributed by atoms with Crippen LogP contribution < -0.4 is 10.0 Å². The van der Waals surface area contributed by atoms with Gasteiger partial charge in [-0.2, -0.15) is 0 Å². The number of hydrogen-bond donors (Lipinski definition) is 1. The maximum absolute atomic E-state index is 11.3. The molecule has 0 bridgehead atoms. The van der Waals surface area contributed by atoms with Crippen molar-refractivity contribution in [2.45, 2.75) is 27.3 Å². The van der Waals surface area contributed by atoms with Gasteiger partial charge in [0.05, 0.1) is 19.1 Å². The molecule has 2 aromatic rings. The molecule has 5 nitrogen and oxygen atoms in total. The fourth-order valence-corrected chi connectivity index (χ4v) is 2.32. The van der Waals surface area contributed by atoms with Gasteiger partial charge in [0.2, 0.25) is 0 Å². The summed E-state index contributed by atoms with van der Waals surface area (Å²) < 4.78 is 1.87. The molecule has 2 aromatic heterocycles. The highest BCUT2D eigenvalue weighted by molar-refractivity contribution is 5.86. The molecule has 0 fully saturated rings. The second-order valence-corrected chi connectivity index (χ2v) is 4.71. The zero-order valence-corrected chi connectivity index (χ0v) is 11.6. The fourth-order valence-electron chi connectivity index (χ4n) is 2.32. The summed E-state index contributed by atoms with van der Waals surface area (Å²) in [5, 5.41) is 11.3. The van der Waals surface area contributed by atoms with Crippen molar-refractivity contribution in [2.75, 3.05) is 13.1 Å². The third-order valence-electron chi connectivity index (χ3n) is 3.55. The Kier molecular flexibility index (Phi) is 3.85. The lowest BCUT2D eigenvalue weighted by Crippen LogP contribution is -3.10. The summed E-state index contributed by atoms with van der Waals surface area (Å²) in [6.07, 6.45) is 1.86. The number of hydrogen-bond acceptors (Lipinski definition) is 3. The maximum atomic E-state index is 11.3. The van der Waals surface area contributed by atoms with Gasteiger partial charge in [-0.15, -0.1) is 0 Å². The number of aryl methyl sites for hydroxylation is 1. The minimum atomic E-state index is -1.20. The van der Waals surface area contributed by atoms with Crippen LogP contribution in [0.15, 0.2) is 18.3 Å². The maximum Gasteiger partial charge on any atom is 0.140 e. The Labute approximate surface area is 112 Å². The van der Waals surface area contributed by atoms with Crippen LogP contribution in [0.2, 0.25) is 0 Å². The second-order valence-electron chi connectivity index (χ2n) is 4.71. The summed E-state index contributed by atoms with van der Waals surface area (Å²) in [6, 6.07) is 3.83. The summed E-state index contributed by atoms with van der Waals surface area (Å²) in [4.78, 5) is 16.8. The van der Waals surface area contributed by atoms with Crippen LogP contribution in [0, 0.1) is 6.92 Å². The standard InChI is InChI=1S/C14H19N3O2/c1-4-16(5-2)9-11-12(14(18)19)15-13-10(3)7-6-8-17(11)13/h6-8H,4-5,9H2,1-3H3,(H,18,19). The van der Waals surface area contributed by atoms with E-state index < -0.39 is 5.97 Å². The zero-order valence-electron chi connectivity index (χ0n) is 11.6. The van der Waals surface area contributed by atoms with Crippen LogP contribution in [-0.2, 0) is 6.54 Å². The average Bonchev–Trinajstić information content (AvgIpc) is 2.76. The van der Waals surface area contributed by atoms with E-state index in [9.17, 15) is 9.90 Å². The summed E-state index contributed by atoms with van der Waals surface area (Å²) in [5.41, 5.74) is 2.44. The Morgan fingerprint density at radius 3 is 2.68 bits per heavy atom. The highest BCUT2D eigenvalue weighted by Gasteiger charge is 2.18. The first kappa shape index (κ1) is 13.5. The molecule has 19 heavy (non-hydrogen) atoms. The number of pyridine rings is 1. The molecule has 0 aliphatic heterocycles. The van der Waals surface area contributed by atoms with Crippen LogP contribution in [0.1, 0.15) is 35.6 Å². The van der Waals surface area contributed by atoms with Gasteiger partial charge < -0.3 is 14.8 Å². The number of imidazole rings is 1. The number of fused-ring (bicyclic) bond motifs is 1. The molecular formula is C14H19N3O2. The highest BCUT2D eigenvalue weighted by Crippen LogP contribution is 2.14. The number of nitrogens with one attached hydrogen (secondary N) is 1. The van der Waals surface area contributed by atoms with Crippen molar-refractivity contribution >= 4 is 11.6 Å². The average molecular weight is 261 g/mol. The van der Waals surface area contributed by atoms with E-state index in [4.69, 9.17) is 0 Å². The molecule has 0 saturated carbocycles. The van der Waals surface area contributed by atoms with E-state index in [0.717, 1.165) is 24.3 Å². The molecule has 0 saturated heterocycles. The molecule has 0 radical (unpaired) electrons. The highest BCUT2D eigenvalue weighted by atomic mass is 16.4. The van der Waals surface area contributed by atoms with Gasteiger partial charge in [0.1, 0.15) is 23.6 Å². The van der Waals surface area contributed by atoms with E-state index in [1.165, 1.54) is 4.90 Å². The minimum Gasteiger partial charge on any atom is -0.543 e. The molecule has 2 heterocycles. The Hall–Kier alpha value is -1.88. The number of carboxylic acid groups (broad SMARTS) is 1. The Balaban J connectivity index is 2.58. The molecule has 102 valence electrons. The SMILES string of the molecule is CC[NH+](CC)Cc1c(C(=O)[O-])nc2c(C)cccn12. The first-order valence-electron chi connectivity index (χ1n) is 6.59. The lowest BCUT2D eigenvalue weighted by Gasteiger charge is -2.16. The van der Waals surface area contributed by atoms with Crippen LogP contribution in [0.3, 0.4) is 0 Å². The van der Waals surface area contributed by atoms with Gasteiger partial charge >= 0.3 is 0 Å². The number of quaternary nitrogens is 1. The summed E-state index contributed by atoms with van der Waals surface area (Å²) >= 11 is 0. The number of carbonyl (C=O) groups excluding carboxylic acids is 1. The molecule has 2 rings (SSSR count). The van der Waals surface area contributed by atoms with Crippen molar-refractivity contribution in [1.82, 2.24) is 9.38 Å². The van der Waals surface area contributed by atoms with Crippen LogP contribution in [0.4, 0.5) is 0 Å². The normalized spacial score (nSPS) is 11.4. The van der Waals surface area contributed by atoms with Gasteiger partial charge in [-0.1, -0.05) is 6.07 Å². The van der Waals surface area contributed by atoms with Gasteiger partial charge in [-0.05, 0) is 32.4 Å². The predicted molar refractivity (Wildman–Crippen MR) is 70.0 cm³/mol. The summed E-state index contributed by atoms with van der Waals surface area (Å²) in [7, 11) is 0. The molecule has 0 aromatic carbocycles. The van der Waals surface area contributed by atoms with Crippen LogP contribution in [0.25, 0.3) is 5.65 Å². The lowest BCUT2D eigenvalue weighted by molar-refractivity contribution is -0.910. The largest absolute Gasteiger partial charge is 0.543 e. The van der Waals surface area contributed by atoms with Gasteiger partial charge in [0.25, 0.3) is 0 Å². The molecule has 5 heteroatoms. The number of carboxylic acids is 1. The third-order valence-corrected chi connectivity index (χ3v) is 3.55. The Morgan fingerprint density at radius 2 is 2.11 bits per heavy atom. The lowest BCUT2D eigenvalue weighted by atomic mass is 10.3. The first-order valence-corrected chi connectivity index (χ1v) is 6.59. The van der Waals surface area contributed by atoms with E-state index in [1.807, 2.05) is 29.7 Å². The van der Waals surface area contributed by atoms with E-state index in [0.29, 0.717) is 12.2 Å². The topological polar surface area (TPSA) is 61.9 Å². The molecule has 0 unspecified atom stereocenters. The van der Waals surface area contributed by atoms with E-state index in [2.05, 4.69) is 18.8 Å². The molecule has 0 aliphatic rings. The quantitative estimate of drug-likeness (QED) is 0.784. The molecule has 0 amide bonds. The Morgan fingerprint density at radius 1 is 1.42 bits per heavy atom. The van der Waals surface area contributed by atoms with Crippen molar-refractivity contribution in [1.29, 1.82) is 0 Å². The number of aromatic nitrogens is 2. The summed E-state index contributed by atoms with van der Waals surface area (Å²) in [6.45, 7) is 8.64. The number of aromatic carboxylic acids is 1. The number of carbonyl (C=O) groups is 1. The predicted octanol–water partition coefficient (Wildman–Crippen LogP) is -0.569. The van der Waals surface area contributed by atoms with Crippen molar-refractivity contribution in [3.63, 3.8) is 0 Å².